The third-order valence-electron chi connectivity index (χ3n) is 3.49. The van der Waals surface area contributed by atoms with E-state index in [9.17, 15) is 14.4 Å². The lowest BCUT2D eigenvalue weighted by Crippen LogP contribution is -2.25. The maximum absolute atomic E-state index is 11.8. The number of hydrogen-bond acceptors (Lipinski definition) is 2. The van der Waals surface area contributed by atoms with Gasteiger partial charge in [-0.1, -0.05) is 61.0 Å². The van der Waals surface area contributed by atoms with E-state index in [1.165, 1.54) is 0 Å². The summed E-state index contributed by atoms with van der Waals surface area (Å²) < 4.78 is 11.8. The minimum Gasteiger partial charge on any atom is -0.323 e. The van der Waals surface area contributed by atoms with Crippen LogP contribution in [0.2, 0.25) is 5.02 Å². The molecule has 2 aromatic rings. The largest absolute Gasteiger partial charge is 0.346 e. The average molecular weight is 340 g/mol. The minimum atomic E-state index is -4.34. The van der Waals surface area contributed by atoms with Crippen molar-refractivity contribution in [1.82, 2.24) is 5.32 Å². The average Bonchev–Trinajstić information content (AvgIpc) is 2.47. The maximum atomic E-state index is 11.8. The van der Waals surface area contributed by atoms with Crippen molar-refractivity contribution in [2.45, 2.75) is 18.6 Å². The number of hydrogen-bond donors (Lipinski definition) is 3. The molecule has 0 radical (unpaired) electrons. The summed E-state index contributed by atoms with van der Waals surface area (Å²) in [5.74, 6) is -0.924. The first-order valence-electron chi connectivity index (χ1n) is 6.97. The van der Waals surface area contributed by atoms with Crippen molar-refractivity contribution in [1.29, 1.82) is 0 Å². The van der Waals surface area contributed by atoms with Crippen molar-refractivity contribution in [3.05, 3.63) is 70.7 Å². The van der Waals surface area contributed by atoms with Crippen LogP contribution in [-0.4, -0.2) is 16.3 Å². The molecule has 2 atom stereocenters. The summed E-state index contributed by atoms with van der Waals surface area (Å²) >= 11 is 5.92. The highest BCUT2D eigenvalue weighted by atomic mass is 35.5. The van der Waals surface area contributed by atoms with Crippen molar-refractivity contribution in [2.24, 2.45) is 0 Å². The minimum absolute atomic E-state index is 0.134. The predicted molar refractivity (Wildman–Crippen MR) is 89.1 cm³/mol. The fourth-order valence-electron chi connectivity index (χ4n) is 2.30. The predicted octanol–water partition coefficient (Wildman–Crippen LogP) is 3.91. The van der Waals surface area contributed by atoms with E-state index in [0.29, 0.717) is 17.1 Å². The van der Waals surface area contributed by atoms with Crippen molar-refractivity contribution in [2.75, 3.05) is 6.54 Å². The van der Waals surface area contributed by atoms with E-state index in [2.05, 4.69) is 5.32 Å². The first-order valence-corrected chi connectivity index (χ1v) is 9.03. The van der Waals surface area contributed by atoms with E-state index in [1.807, 2.05) is 37.3 Å². The monoisotopic (exact) mass is 339 g/mol. The third-order valence-corrected chi connectivity index (χ3v) is 4.88. The smallest absolute Gasteiger partial charge is 0.323 e. The summed E-state index contributed by atoms with van der Waals surface area (Å²) in [6.07, 6.45) is 0. The van der Waals surface area contributed by atoms with Crippen LogP contribution in [0.15, 0.2) is 54.6 Å². The van der Waals surface area contributed by atoms with E-state index in [0.717, 1.165) is 5.56 Å². The second-order valence-corrected chi connectivity index (χ2v) is 7.40. The Balaban J connectivity index is 2.13. The van der Waals surface area contributed by atoms with Crippen LogP contribution >= 0.6 is 19.2 Å². The molecule has 0 spiro atoms. The van der Waals surface area contributed by atoms with Gasteiger partial charge in [-0.25, -0.2) is 0 Å². The maximum Gasteiger partial charge on any atom is 0.346 e. The van der Waals surface area contributed by atoms with E-state index < -0.39 is 13.4 Å². The highest BCUT2D eigenvalue weighted by Gasteiger charge is 2.30. The van der Waals surface area contributed by atoms with Gasteiger partial charge in [0.05, 0.1) is 0 Å². The second kappa shape index (κ2) is 7.40. The van der Waals surface area contributed by atoms with Gasteiger partial charge in [-0.15, -0.1) is 0 Å². The molecule has 4 nitrogen and oxygen atoms in total. The fourth-order valence-corrected chi connectivity index (χ4v) is 3.39. The zero-order chi connectivity index (χ0) is 16.2. The lowest BCUT2D eigenvalue weighted by Gasteiger charge is -2.23. The van der Waals surface area contributed by atoms with Crippen LogP contribution in [-0.2, 0) is 4.57 Å². The first-order chi connectivity index (χ1) is 10.4. The molecule has 0 saturated heterocycles. The Hall–Kier alpha value is -1.16. The summed E-state index contributed by atoms with van der Waals surface area (Å²) in [5, 5.41) is 3.43. The molecule has 2 rings (SSSR count). The molecule has 0 bridgehead atoms. The van der Waals surface area contributed by atoms with Gasteiger partial charge in [0, 0.05) is 11.6 Å². The van der Waals surface area contributed by atoms with Crippen molar-refractivity contribution < 1.29 is 14.4 Å². The van der Waals surface area contributed by atoms with E-state index in [4.69, 9.17) is 11.6 Å². The molecule has 0 aliphatic rings. The molecule has 0 aromatic heterocycles. The van der Waals surface area contributed by atoms with Crippen molar-refractivity contribution >= 4 is 19.2 Å². The molecule has 3 N–H and O–H groups in total. The van der Waals surface area contributed by atoms with Crippen LogP contribution in [0.3, 0.4) is 0 Å². The van der Waals surface area contributed by atoms with Crippen molar-refractivity contribution in [3.63, 3.8) is 0 Å². The number of benzene rings is 2. The first kappa shape index (κ1) is 17.2. The van der Waals surface area contributed by atoms with Gasteiger partial charge in [-0.05, 0) is 29.2 Å². The molecule has 0 heterocycles. The van der Waals surface area contributed by atoms with Crippen molar-refractivity contribution in [3.8, 4) is 0 Å². The zero-order valence-corrected chi connectivity index (χ0v) is 13.8. The molecule has 0 fully saturated rings. The second-order valence-electron chi connectivity index (χ2n) is 5.27. The standard InChI is InChI=1S/C16H19ClNO3P/c1-12(13-6-3-2-4-7-13)11-18-16(22(19,20)21)14-8-5-9-15(17)10-14/h2-10,12,16,18H,11H2,1H3,(H2,19,20,21)/t12-,16+/m0/s1. The quantitative estimate of drug-likeness (QED) is 0.698. The van der Waals surface area contributed by atoms with E-state index >= 15 is 0 Å². The zero-order valence-electron chi connectivity index (χ0n) is 12.2. The normalized spacial score (nSPS) is 14.5. The number of nitrogens with one attached hydrogen (secondary N) is 1. The molecular weight excluding hydrogens is 321 g/mol. The van der Waals surface area contributed by atoms with Crippen LogP contribution in [0.5, 0.6) is 0 Å². The van der Waals surface area contributed by atoms with Gasteiger partial charge in [-0.3, -0.25) is 9.88 Å². The summed E-state index contributed by atoms with van der Waals surface area (Å²) in [5.41, 5.74) is 1.60. The highest BCUT2D eigenvalue weighted by molar-refractivity contribution is 7.52. The third kappa shape index (κ3) is 4.67. The highest BCUT2D eigenvalue weighted by Crippen LogP contribution is 2.50. The molecule has 22 heavy (non-hydrogen) atoms. The van der Waals surface area contributed by atoms with Gasteiger partial charge in [-0.2, -0.15) is 0 Å². The Kier molecular flexibility index (Phi) is 5.79. The van der Waals surface area contributed by atoms with Crippen LogP contribution in [0.4, 0.5) is 0 Å². The molecule has 0 saturated carbocycles. The Morgan fingerprint density at radius 3 is 2.32 bits per heavy atom. The van der Waals surface area contributed by atoms with Crippen LogP contribution < -0.4 is 5.32 Å². The summed E-state index contributed by atoms with van der Waals surface area (Å²) in [7, 11) is -4.34. The molecule has 0 unspecified atom stereocenters. The molecule has 2 aromatic carbocycles. The van der Waals surface area contributed by atoms with E-state index in [-0.39, 0.29) is 5.92 Å². The van der Waals surface area contributed by atoms with Gasteiger partial charge in [0.15, 0.2) is 0 Å². The molecule has 0 aliphatic carbocycles. The van der Waals surface area contributed by atoms with Crippen LogP contribution in [0.25, 0.3) is 0 Å². The van der Waals surface area contributed by atoms with E-state index in [1.54, 1.807) is 24.3 Å². The summed E-state index contributed by atoms with van der Waals surface area (Å²) in [6.45, 7) is 2.46. The molecule has 0 aliphatic heterocycles. The number of rotatable bonds is 6. The lowest BCUT2D eigenvalue weighted by molar-refractivity contribution is 0.346. The van der Waals surface area contributed by atoms with Gasteiger partial charge in [0.2, 0.25) is 0 Å². The van der Waals surface area contributed by atoms with Gasteiger partial charge in [0.1, 0.15) is 5.78 Å². The lowest BCUT2D eigenvalue weighted by atomic mass is 10.0. The Labute approximate surface area is 135 Å². The van der Waals surface area contributed by atoms with Crippen LogP contribution in [0, 0.1) is 0 Å². The topological polar surface area (TPSA) is 69.6 Å². The molecule has 0 amide bonds. The van der Waals surface area contributed by atoms with Gasteiger partial charge in [0.25, 0.3) is 0 Å². The van der Waals surface area contributed by atoms with Gasteiger partial charge < -0.3 is 9.79 Å². The number of halogens is 1. The molecule has 6 heteroatoms. The summed E-state index contributed by atoms with van der Waals surface area (Å²) in [4.78, 5) is 19.2. The Morgan fingerprint density at radius 2 is 1.73 bits per heavy atom. The molecular formula is C16H19ClNO3P. The summed E-state index contributed by atoms with van der Waals surface area (Å²) in [6, 6.07) is 16.4. The van der Waals surface area contributed by atoms with Crippen LogP contribution in [0.1, 0.15) is 29.8 Å². The Bertz CT molecular complexity index is 659. The Morgan fingerprint density at radius 1 is 1.09 bits per heavy atom. The van der Waals surface area contributed by atoms with Gasteiger partial charge >= 0.3 is 7.60 Å². The SMILES string of the molecule is C[C@@H](CN[C@@H](c1cccc(Cl)c1)P(=O)(O)O)c1ccccc1. The fraction of sp³-hybridized carbons (Fsp3) is 0.250. The molecule has 118 valence electrons.